The number of allylic oxidation sites excluding steroid dienone is 8. The van der Waals surface area contributed by atoms with Crippen LogP contribution in [0.2, 0.25) is 0 Å². The van der Waals surface area contributed by atoms with E-state index in [1.54, 1.807) is 16.7 Å². The smallest absolute Gasteiger partial charge is 0.313 e. The van der Waals surface area contributed by atoms with Crippen LogP contribution in [-0.4, -0.2) is 172 Å². The van der Waals surface area contributed by atoms with Crippen LogP contribution in [-0.2, 0) is 47.7 Å². The molecule has 0 aliphatic heterocycles. The summed E-state index contributed by atoms with van der Waals surface area (Å²) < 4.78 is 21.4. The molecule has 17 heteroatoms. The lowest BCUT2D eigenvalue weighted by atomic mass is 10.1. The van der Waals surface area contributed by atoms with Gasteiger partial charge >= 0.3 is 29.8 Å². The highest BCUT2D eigenvalue weighted by molar-refractivity contribution is 8.00. The fourth-order valence-electron chi connectivity index (χ4n) is 9.17. The lowest BCUT2D eigenvalue weighted by Crippen LogP contribution is -2.38. The maximum atomic E-state index is 12.9. The quantitative estimate of drug-likeness (QED) is 0.0254. The molecule has 0 atom stereocenters. The normalized spacial score (nSPS) is 11.4. The largest absolute Gasteiger partial charge is 0.481 e. The average Bonchev–Trinajstić information content (AvgIpc) is 3.71. The van der Waals surface area contributed by atoms with Crippen LogP contribution in [0.15, 0.2) is 48.6 Å². The van der Waals surface area contributed by atoms with E-state index in [1.807, 2.05) is 33.1 Å². The number of aliphatic carboxylic acids is 1. The van der Waals surface area contributed by atoms with Crippen LogP contribution in [0.1, 0.15) is 285 Å². The second kappa shape index (κ2) is 79.1. The number of carboxylic acids is 1. The number of rotatable bonds is 66. The van der Waals surface area contributed by atoms with Crippen molar-refractivity contribution in [3.63, 3.8) is 0 Å². The first-order valence-corrected chi connectivity index (χ1v) is 39.4. The molecule has 1 amide bonds. The second-order valence-corrected chi connectivity index (χ2v) is 27.0. The molecule has 0 aliphatic carbocycles. The summed E-state index contributed by atoms with van der Waals surface area (Å²) in [6.07, 6.45) is 62.0. The third-order valence-corrected chi connectivity index (χ3v) is 16.9. The van der Waals surface area contributed by atoms with Crippen LogP contribution >= 0.6 is 23.5 Å². The molecule has 0 aromatic rings. The van der Waals surface area contributed by atoms with Gasteiger partial charge in [-0.15, -0.1) is 11.8 Å². The Balaban J connectivity index is -0.00000154. The second-order valence-electron chi connectivity index (χ2n) is 24.8. The van der Waals surface area contributed by atoms with Gasteiger partial charge in [-0.05, 0) is 131 Å². The minimum atomic E-state index is -0.733. The van der Waals surface area contributed by atoms with Gasteiger partial charge in [0.25, 0.3) is 0 Å². The lowest BCUT2D eigenvalue weighted by molar-refractivity contribution is -0.147. The van der Waals surface area contributed by atoms with Gasteiger partial charge in [0.05, 0.1) is 24.6 Å². The molecule has 0 aliphatic rings. The minimum absolute atomic E-state index is 0.0173. The third kappa shape index (κ3) is 84.4. The molecule has 0 aromatic carbocycles. The molecule has 2 N–H and O–H groups in total. The van der Waals surface area contributed by atoms with Gasteiger partial charge in [0.1, 0.15) is 26.4 Å². The van der Waals surface area contributed by atoms with Gasteiger partial charge in [-0.25, -0.2) is 0 Å². The number of ether oxygens (including phenoxy) is 4. The molecular formula is C76H142N4O11S2. The zero-order valence-electron chi connectivity index (χ0n) is 61.0. The molecule has 0 aromatic heterocycles. The Kier molecular flexibility index (Phi) is 79.5. The molecule has 0 bridgehead atoms. The predicted octanol–water partition coefficient (Wildman–Crippen LogP) is 18.1. The Morgan fingerprint density at radius 1 is 0.344 bits per heavy atom. The highest BCUT2D eigenvalue weighted by Crippen LogP contribution is 2.14. The van der Waals surface area contributed by atoms with Gasteiger partial charge < -0.3 is 44.1 Å². The van der Waals surface area contributed by atoms with E-state index < -0.39 is 5.97 Å². The minimum Gasteiger partial charge on any atom is -0.481 e. The lowest BCUT2D eigenvalue weighted by Gasteiger charge is -2.22. The Bertz CT molecular complexity index is 1700. The van der Waals surface area contributed by atoms with Crippen LogP contribution in [0.3, 0.4) is 0 Å². The first kappa shape index (κ1) is 93.5. The number of carboxylic acid groups (broad SMARTS) is 1. The van der Waals surface area contributed by atoms with Crippen LogP contribution in [0.25, 0.3) is 0 Å². The van der Waals surface area contributed by atoms with E-state index in [9.17, 15) is 28.8 Å². The van der Waals surface area contributed by atoms with Crippen molar-refractivity contribution in [2.75, 3.05) is 117 Å². The van der Waals surface area contributed by atoms with Crippen LogP contribution in [0, 0.1) is 0 Å². The molecule has 0 saturated carbocycles. The van der Waals surface area contributed by atoms with Gasteiger partial charge in [-0.3, -0.25) is 28.8 Å². The molecule has 544 valence electrons. The standard InChI is InChI=1S/C38H70N2O5S.C32H59NO4.C6H13NO2S/c1-5-7-9-11-13-15-17-19-21-23-25-27-37(42)44-32-29-40(36(41)35-46-34-31-39(3)4)30-33-45-38(43)28-26-24-22-20-18-16-14-12-10-8-6-2;1-3-5-7-9-11-13-15-17-19-21-23-25-31(34)36-29-27-33-28-30-37-32(35)26-24-22-20-18-16-14-12-10-8-6-4-2;1-7(2)3-4-10-5-6(8)9/h11-14H,5-10,15-35H2,1-4H3;9-12,33H,3-8,13-30H2,1-2H3;3-5H2,1-2H3,(H,8,9)/b13-11-,14-12-;11-9-,12-10-;. The van der Waals surface area contributed by atoms with Crippen molar-refractivity contribution in [2.24, 2.45) is 0 Å². The van der Waals surface area contributed by atoms with E-state index in [0.29, 0.717) is 70.8 Å². The molecule has 0 saturated heterocycles. The Morgan fingerprint density at radius 3 is 0.882 bits per heavy atom. The van der Waals surface area contributed by atoms with Crippen molar-refractivity contribution in [3.05, 3.63) is 48.6 Å². The summed E-state index contributed by atoms with van der Waals surface area (Å²) in [5, 5.41) is 11.4. The third-order valence-electron chi connectivity index (χ3n) is 15.1. The summed E-state index contributed by atoms with van der Waals surface area (Å²) >= 11 is 3.04. The summed E-state index contributed by atoms with van der Waals surface area (Å²) in [5.41, 5.74) is 0. The van der Waals surface area contributed by atoms with Crippen LogP contribution in [0.4, 0.5) is 0 Å². The van der Waals surface area contributed by atoms with Crippen molar-refractivity contribution >= 4 is 59.3 Å². The molecule has 0 unspecified atom stereocenters. The monoisotopic (exact) mass is 1350 g/mol. The fraction of sp³-hybridized carbons (Fsp3) is 0.816. The predicted molar refractivity (Wildman–Crippen MR) is 397 cm³/mol. The van der Waals surface area contributed by atoms with Crippen molar-refractivity contribution in [1.82, 2.24) is 20.0 Å². The average molecular weight is 1350 g/mol. The van der Waals surface area contributed by atoms with Crippen molar-refractivity contribution in [2.45, 2.75) is 285 Å². The summed E-state index contributed by atoms with van der Waals surface area (Å²) in [4.78, 5) is 76.8. The van der Waals surface area contributed by atoms with E-state index in [-0.39, 0.29) is 48.8 Å². The van der Waals surface area contributed by atoms with Crippen molar-refractivity contribution in [3.8, 4) is 0 Å². The van der Waals surface area contributed by atoms with Gasteiger partial charge in [0, 0.05) is 63.4 Å². The van der Waals surface area contributed by atoms with Crippen LogP contribution < -0.4 is 5.32 Å². The molecule has 93 heavy (non-hydrogen) atoms. The SMILES string of the molecule is CCCC/C=C\CCCCCCCC(=O)OCCN(CCOC(=O)CCCCCCC/C=C\CCCC)C(=O)CSCCN(C)C.CCCC/C=C\CCCCCCCC(=O)OCCNCCOC(=O)CCCCCCC/C=C\CCCC.CN(C)CCSCC(=O)O. The summed E-state index contributed by atoms with van der Waals surface area (Å²) in [5.74, 6) is 0.933. The molecule has 0 spiro atoms. The maximum Gasteiger partial charge on any atom is 0.313 e. The maximum absolute atomic E-state index is 12.9. The van der Waals surface area contributed by atoms with Crippen molar-refractivity contribution < 1.29 is 52.8 Å². The van der Waals surface area contributed by atoms with E-state index in [2.05, 4.69) is 86.5 Å². The Labute approximate surface area is 579 Å². The van der Waals surface area contributed by atoms with E-state index >= 15 is 0 Å². The van der Waals surface area contributed by atoms with E-state index in [1.165, 1.54) is 166 Å². The highest BCUT2D eigenvalue weighted by atomic mass is 32.2. The number of carbonyl (C=O) groups is 6. The molecule has 0 radical (unpaired) electrons. The number of unbranched alkanes of at least 4 members (excludes halogenated alkanes) is 28. The summed E-state index contributed by atoms with van der Waals surface area (Å²) in [6.45, 7) is 13.6. The molecule has 15 nitrogen and oxygen atoms in total. The molecular weight excluding hydrogens is 1210 g/mol. The van der Waals surface area contributed by atoms with Crippen molar-refractivity contribution in [1.29, 1.82) is 0 Å². The zero-order chi connectivity index (χ0) is 69.0. The van der Waals surface area contributed by atoms with Gasteiger partial charge in [0.15, 0.2) is 0 Å². The van der Waals surface area contributed by atoms with E-state index in [0.717, 1.165) is 102 Å². The van der Waals surface area contributed by atoms with E-state index in [4.69, 9.17) is 24.1 Å². The molecule has 0 rings (SSSR count). The topological polar surface area (TPSA) is 181 Å². The number of nitrogens with one attached hydrogen (secondary N) is 1. The first-order chi connectivity index (χ1) is 45.2. The number of thioether (sulfide) groups is 2. The van der Waals surface area contributed by atoms with Crippen LogP contribution in [0.5, 0.6) is 0 Å². The Morgan fingerprint density at radius 2 is 0.602 bits per heavy atom. The zero-order valence-corrected chi connectivity index (χ0v) is 62.6. The van der Waals surface area contributed by atoms with Gasteiger partial charge in [-0.2, -0.15) is 11.8 Å². The summed E-state index contributed by atoms with van der Waals surface area (Å²) in [6, 6.07) is 0. The highest BCUT2D eigenvalue weighted by Gasteiger charge is 2.16. The number of hydrogen-bond acceptors (Lipinski definition) is 15. The number of hydrogen-bond donors (Lipinski definition) is 2. The molecule has 0 fully saturated rings. The Hall–Kier alpha value is -3.64. The first-order valence-electron chi connectivity index (χ1n) is 37.1. The number of carbonyl (C=O) groups excluding carboxylic acids is 5. The van der Waals surface area contributed by atoms with Gasteiger partial charge in [-0.1, -0.05) is 205 Å². The summed E-state index contributed by atoms with van der Waals surface area (Å²) in [7, 11) is 7.97. The van der Waals surface area contributed by atoms with Gasteiger partial charge in [0.2, 0.25) is 5.91 Å². The fourth-order valence-corrected chi connectivity index (χ4v) is 11.0. The molecule has 0 heterocycles. The number of amides is 1. The number of nitrogens with zero attached hydrogens (tertiary/aromatic N) is 3. The number of esters is 4.